The van der Waals surface area contributed by atoms with E-state index in [0.29, 0.717) is 10.7 Å². The largest absolute Gasteiger partial charge is 0.253 e. The summed E-state index contributed by atoms with van der Waals surface area (Å²) in [7, 11) is 0. The standard InChI is InChI=1S/C10H10ClFN4/c1-7-4-8(11)5-13-10(7)9-6-16(3-2-12)15-14-9/h4-6H,2-3H2,1H3. The molecule has 0 fully saturated rings. The van der Waals surface area contributed by atoms with Gasteiger partial charge in [-0.15, -0.1) is 5.10 Å². The van der Waals surface area contributed by atoms with Crippen LogP contribution in [0, 0.1) is 6.92 Å². The molecule has 0 saturated carbocycles. The van der Waals surface area contributed by atoms with Crippen LogP contribution in [-0.4, -0.2) is 26.7 Å². The summed E-state index contributed by atoms with van der Waals surface area (Å²) < 4.78 is 13.6. The summed E-state index contributed by atoms with van der Waals surface area (Å²) >= 11 is 5.81. The van der Waals surface area contributed by atoms with Gasteiger partial charge in [0.15, 0.2) is 0 Å². The van der Waals surface area contributed by atoms with E-state index in [1.165, 1.54) is 4.68 Å². The number of nitrogens with zero attached hydrogens (tertiary/aromatic N) is 4. The van der Waals surface area contributed by atoms with Crippen molar-refractivity contribution >= 4 is 11.6 Å². The number of hydrogen-bond donors (Lipinski definition) is 0. The van der Waals surface area contributed by atoms with Crippen molar-refractivity contribution in [2.45, 2.75) is 13.5 Å². The van der Waals surface area contributed by atoms with Crippen LogP contribution in [-0.2, 0) is 6.54 Å². The smallest absolute Gasteiger partial charge is 0.131 e. The fourth-order valence-electron chi connectivity index (χ4n) is 1.41. The molecule has 84 valence electrons. The number of rotatable bonds is 3. The molecule has 0 aliphatic rings. The van der Waals surface area contributed by atoms with Crippen molar-refractivity contribution in [1.29, 1.82) is 0 Å². The Morgan fingerprint density at radius 3 is 3.00 bits per heavy atom. The molecule has 0 aliphatic carbocycles. The van der Waals surface area contributed by atoms with E-state index in [1.807, 2.05) is 6.92 Å². The Bertz CT molecular complexity index is 497. The molecule has 2 rings (SSSR count). The molecule has 0 spiro atoms. The third-order valence-electron chi connectivity index (χ3n) is 2.14. The first-order valence-electron chi connectivity index (χ1n) is 4.79. The fourth-order valence-corrected chi connectivity index (χ4v) is 1.62. The summed E-state index contributed by atoms with van der Waals surface area (Å²) in [6.07, 6.45) is 3.22. The number of aromatic nitrogens is 4. The highest BCUT2D eigenvalue weighted by molar-refractivity contribution is 6.30. The second-order valence-electron chi connectivity index (χ2n) is 3.37. The van der Waals surface area contributed by atoms with E-state index in [-0.39, 0.29) is 6.54 Å². The monoisotopic (exact) mass is 240 g/mol. The SMILES string of the molecule is Cc1cc(Cl)cnc1-c1cn(CCF)nn1. The van der Waals surface area contributed by atoms with Gasteiger partial charge < -0.3 is 0 Å². The second-order valence-corrected chi connectivity index (χ2v) is 3.81. The van der Waals surface area contributed by atoms with E-state index in [1.54, 1.807) is 18.5 Å². The molecular formula is C10H10ClFN4. The first kappa shape index (κ1) is 11.0. The highest BCUT2D eigenvalue weighted by Gasteiger charge is 2.08. The molecular weight excluding hydrogens is 231 g/mol. The van der Waals surface area contributed by atoms with Crippen LogP contribution >= 0.6 is 11.6 Å². The van der Waals surface area contributed by atoms with Crippen LogP contribution in [0.5, 0.6) is 0 Å². The molecule has 0 bridgehead atoms. The maximum atomic E-state index is 12.1. The van der Waals surface area contributed by atoms with Crippen LogP contribution in [0.25, 0.3) is 11.4 Å². The molecule has 6 heteroatoms. The minimum atomic E-state index is -0.462. The summed E-state index contributed by atoms with van der Waals surface area (Å²) in [6, 6.07) is 1.80. The normalized spacial score (nSPS) is 10.7. The Kier molecular flexibility index (Phi) is 3.14. The van der Waals surface area contributed by atoms with Crippen molar-refractivity contribution < 1.29 is 4.39 Å². The van der Waals surface area contributed by atoms with E-state index in [9.17, 15) is 4.39 Å². The van der Waals surface area contributed by atoms with Gasteiger partial charge in [0, 0.05) is 6.20 Å². The molecule has 0 aromatic carbocycles. The van der Waals surface area contributed by atoms with Crippen LogP contribution in [0.1, 0.15) is 5.56 Å². The molecule has 0 aliphatic heterocycles. The summed E-state index contributed by atoms with van der Waals surface area (Å²) in [5.74, 6) is 0. The molecule has 16 heavy (non-hydrogen) atoms. The van der Waals surface area contributed by atoms with Gasteiger partial charge in [-0.05, 0) is 18.6 Å². The maximum absolute atomic E-state index is 12.1. The van der Waals surface area contributed by atoms with Crippen LogP contribution in [0.2, 0.25) is 5.02 Å². The lowest BCUT2D eigenvalue weighted by Crippen LogP contribution is -1.99. The number of pyridine rings is 1. The highest BCUT2D eigenvalue weighted by atomic mass is 35.5. The van der Waals surface area contributed by atoms with Gasteiger partial charge in [-0.3, -0.25) is 4.98 Å². The van der Waals surface area contributed by atoms with Crippen molar-refractivity contribution in [2.24, 2.45) is 0 Å². The topological polar surface area (TPSA) is 43.6 Å². The van der Waals surface area contributed by atoms with E-state index < -0.39 is 6.67 Å². The molecule has 0 amide bonds. The average molecular weight is 241 g/mol. The third-order valence-corrected chi connectivity index (χ3v) is 2.35. The van der Waals surface area contributed by atoms with E-state index >= 15 is 0 Å². The van der Waals surface area contributed by atoms with Gasteiger partial charge >= 0.3 is 0 Å². The molecule has 0 atom stereocenters. The summed E-state index contributed by atoms with van der Waals surface area (Å²) in [5.41, 5.74) is 2.26. The fraction of sp³-hybridized carbons (Fsp3) is 0.300. The first-order valence-corrected chi connectivity index (χ1v) is 5.17. The molecule has 4 nitrogen and oxygen atoms in total. The van der Waals surface area contributed by atoms with Crippen LogP contribution in [0.3, 0.4) is 0 Å². The summed E-state index contributed by atoms with van der Waals surface area (Å²) in [6.45, 7) is 1.64. The van der Waals surface area contributed by atoms with Gasteiger partial charge in [0.25, 0.3) is 0 Å². The van der Waals surface area contributed by atoms with Crippen LogP contribution < -0.4 is 0 Å². The van der Waals surface area contributed by atoms with Crippen molar-refractivity contribution in [3.63, 3.8) is 0 Å². The van der Waals surface area contributed by atoms with E-state index in [0.717, 1.165) is 11.3 Å². The van der Waals surface area contributed by atoms with Gasteiger partial charge in [0.05, 0.1) is 23.5 Å². The lowest BCUT2D eigenvalue weighted by molar-refractivity contribution is 0.422. The van der Waals surface area contributed by atoms with Gasteiger partial charge in [-0.1, -0.05) is 16.8 Å². The average Bonchev–Trinajstić information content (AvgIpc) is 2.67. The van der Waals surface area contributed by atoms with Crippen molar-refractivity contribution in [3.05, 3.63) is 29.0 Å². The lowest BCUT2D eigenvalue weighted by Gasteiger charge is -2.00. The van der Waals surface area contributed by atoms with Gasteiger partial charge in [0.2, 0.25) is 0 Å². The Morgan fingerprint density at radius 1 is 1.50 bits per heavy atom. The Morgan fingerprint density at radius 2 is 2.31 bits per heavy atom. The number of alkyl halides is 1. The Labute approximate surface area is 97.1 Å². The summed E-state index contributed by atoms with van der Waals surface area (Å²) in [5, 5.41) is 8.32. The van der Waals surface area contributed by atoms with Crippen LogP contribution in [0.15, 0.2) is 18.5 Å². The predicted octanol–water partition coefficient (Wildman–Crippen LogP) is 2.27. The zero-order valence-corrected chi connectivity index (χ0v) is 9.45. The van der Waals surface area contributed by atoms with Gasteiger partial charge in [-0.25, -0.2) is 9.07 Å². The summed E-state index contributed by atoms with van der Waals surface area (Å²) in [4.78, 5) is 4.18. The maximum Gasteiger partial charge on any atom is 0.131 e. The molecule has 2 aromatic heterocycles. The molecule has 2 heterocycles. The number of hydrogen-bond acceptors (Lipinski definition) is 3. The van der Waals surface area contributed by atoms with Crippen molar-refractivity contribution in [1.82, 2.24) is 20.0 Å². The van der Waals surface area contributed by atoms with Crippen LogP contribution in [0.4, 0.5) is 4.39 Å². The number of aryl methyl sites for hydroxylation is 2. The number of halogens is 2. The molecule has 0 unspecified atom stereocenters. The zero-order chi connectivity index (χ0) is 11.5. The first-order chi connectivity index (χ1) is 7.70. The van der Waals surface area contributed by atoms with E-state index in [2.05, 4.69) is 15.3 Å². The van der Waals surface area contributed by atoms with E-state index in [4.69, 9.17) is 11.6 Å². The zero-order valence-electron chi connectivity index (χ0n) is 8.69. The Balaban J connectivity index is 2.35. The van der Waals surface area contributed by atoms with Crippen molar-refractivity contribution in [3.8, 4) is 11.4 Å². The van der Waals surface area contributed by atoms with Gasteiger partial charge in [-0.2, -0.15) is 0 Å². The minimum absolute atomic E-state index is 0.208. The highest BCUT2D eigenvalue weighted by Crippen LogP contribution is 2.20. The lowest BCUT2D eigenvalue weighted by atomic mass is 10.2. The van der Waals surface area contributed by atoms with Crippen molar-refractivity contribution in [2.75, 3.05) is 6.67 Å². The molecule has 0 radical (unpaired) electrons. The second kappa shape index (κ2) is 4.57. The minimum Gasteiger partial charge on any atom is -0.253 e. The third kappa shape index (κ3) is 2.19. The Hall–Kier alpha value is -1.49. The molecule has 0 saturated heterocycles. The molecule has 2 aromatic rings. The predicted molar refractivity (Wildman–Crippen MR) is 59.0 cm³/mol. The quantitative estimate of drug-likeness (QED) is 0.827. The molecule has 0 N–H and O–H groups in total. The van der Waals surface area contributed by atoms with Gasteiger partial charge in [0.1, 0.15) is 12.4 Å².